The minimum absolute atomic E-state index is 0.0478. The third kappa shape index (κ3) is 6.82. The Morgan fingerprint density at radius 3 is 1.96 bits per heavy atom. The predicted molar refractivity (Wildman–Crippen MR) is 176 cm³/mol. The quantitative estimate of drug-likeness (QED) is 0.143. The van der Waals surface area contributed by atoms with Crippen LogP contribution in [-0.4, -0.2) is 60.2 Å². The number of nitrogens with one attached hydrogen (secondary N) is 1. The number of unbranched alkanes of at least 4 members (excludes halogenated alkanes) is 1. The fourth-order valence-corrected chi connectivity index (χ4v) is 7.22. The van der Waals surface area contributed by atoms with Crippen molar-refractivity contribution in [3.8, 4) is 22.3 Å². The maximum atomic E-state index is 13.8. The summed E-state index contributed by atoms with van der Waals surface area (Å²) in [7, 11) is 0. The smallest absolute Gasteiger partial charge is 0.405 e. The number of nitrogens with zero attached hydrogens (tertiary/aromatic N) is 2. The predicted octanol–water partition coefficient (Wildman–Crippen LogP) is 7.57. The number of rotatable bonds is 10. The number of carbonyl (C=O) groups excluding carboxylic acids is 2. The average Bonchev–Trinajstić information content (AvgIpc) is 3.37. The van der Waals surface area contributed by atoms with Crippen LogP contribution in [0.15, 0.2) is 103 Å². The van der Waals surface area contributed by atoms with E-state index in [0.29, 0.717) is 29.5 Å². The Labute approximate surface area is 272 Å². The van der Waals surface area contributed by atoms with Gasteiger partial charge < -0.3 is 20.5 Å². The molecule has 0 aromatic heterocycles. The van der Waals surface area contributed by atoms with E-state index in [-0.39, 0.29) is 18.4 Å². The second-order valence-electron chi connectivity index (χ2n) is 12.4. The summed E-state index contributed by atoms with van der Waals surface area (Å²) in [6, 6.07) is 31.9. The molecule has 2 aliphatic rings. The van der Waals surface area contributed by atoms with Crippen molar-refractivity contribution in [1.29, 1.82) is 0 Å². The molecule has 4 aromatic carbocycles. The van der Waals surface area contributed by atoms with E-state index in [1.54, 1.807) is 24.3 Å². The molecule has 0 spiro atoms. The second-order valence-corrected chi connectivity index (χ2v) is 12.4. The Morgan fingerprint density at radius 2 is 1.34 bits per heavy atom. The Kier molecular flexibility index (Phi) is 9.47. The summed E-state index contributed by atoms with van der Waals surface area (Å²) in [6.45, 7) is 0.484. The standard InChI is InChI=1S/C38H37F3N3O3/c39-38(40,41)26-44(47)36(46)37(33-18-8-6-15-30(33)31-16-7-9-19-34(31)37)22-10-11-23-43-24-20-28(21-25-43)42-35(45)32-17-5-4-14-29(32)27-12-2-1-3-13-27/h1-9,12-19,28H,10-11,20-26H2,(H,42,45)/q-1. The summed E-state index contributed by atoms with van der Waals surface area (Å²) in [4.78, 5) is 29.3. The molecular weight excluding hydrogens is 603 g/mol. The number of benzene rings is 4. The molecule has 1 aliphatic carbocycles. The average molecular weight is 641 g/mol. The molecule has 244 valence electrons. The van der Waals surface area contributed by atoms with Gasteiger partial charge in [-0.15, -0.1) is 0 Å². The molecule has 1 saturated heterocycles. The minimum Gasteiger partial charge on any atom is -0.756 e. The van der Waals surface area contributed by atoms with Crippen LogP contribution in [-0.2, 0) is 10.2 Å². The van der Waals surface area contributed by atoms with Gasteiger partial charge in [0.1, 0.15) is 6.54 Å². The fraction of sp³-hybridized carbons (Fsp3) is 0.316. The number of carbonyl (C=O) groups is 2. The van der Waals surface area contributed by atoms with Crippen molar-refractivity contribution in [1.82, 2.24) is 15.3 Å². The van der Waals surface area contributed by atoms with Crippen molar-refractivity contribution in [3.63, 3.8) is 0 Å². The van der Waals surface area contributed by atoms with Crippen molar-refractivity contribution >= 4 is 11.8 Å². The molecule has 1 heterocycles. The van der Waals surface area contributed by atoms with Gasteiger partial charge in [0.15, 0.2) is 0 Å². The molecule has 0 radical (unpaired) electrons. The fourth-order valence-electron chi connectivity index (χ4n) is 7.22. The van der Waals surface area contributed by atoms with E-state index in [1.807, 2.05) is 78.9 Å². The van der Waals surface area contributed by atoms with E-state index in [2.05, 4.69) is 10.2 Å². The van der Waals surface area contributed by atoms with E-state index in [0.717, 1.165) is 54.7 Å². The van der Waals surface area contributed by atoms with Gasteiger partial charge in [-0.3, -0.25) is 9.59 Å². The van der Waals surface area contributed by atoms with Gasteiger partial charge in [0, 0.05) is 24.7 Å². The second kappa shape index (κ2) is 13.7. The lowest BCUT2D eigenvalue weighted by Crippen LogP contribution is -2.47. The van der Waals surface area contributed by atoms with Crippen LogP contribution in [0.2, 0.25) is 0 Å². The first-order valence-corrected chi connectivity index (χ1v) is 16.1. The SMILES string of the molecule is O=C(NC1CCN(CCCCC2(C(=O)N([O-])CC(F)(F)F)c3ccccc3-c3ccccc32)CC1)c1ccccc1-c1ccccc1. The number of hydrogen-bond donors (Lipinski definition) is 1. The molecule has 4 aromatic rings. The first-order valence-electron chi connectivity index (χ1n) is 16.1. The number of halogens is 3. The van der Waals surface area contributed by atoms with Crippen LogP contribution < -0.4 is 5.32 Å². The lowest BCUT2D eigenvalue weighted by Gasteiger charge is -2.40. The summed E-state index contributed by atoms with van der Waals surface area (Å²) >= 11 is 0. The number of hydrogen-bond acceptors (Lipinski definition) is 4. The molecule has 9 heteroatoms. The molecule has 2 amide bonds. The maximum absolute atomic E-state index is 13.8. The molecule has 47 heavy (non-hydrogen) atoms. The van der Waals surface area contributed by atoms with Crippen molar-refractivity contribution in [3.05, 3.63) is 125 Å². The summed E-state index contributed by atoms with van der Waals surface area (Å²) in [5.74, 6) is -1.16. The van der Waals surface area contributed by atoms with Crippen molar-refractivity contribution in [2.75, 3.05) is 26.2 Å². The van der Waals surface area contributed by atoms with Gasteiger partial charge in [-0.2, -0.15) is 13.2 Å². The maximum Gasteiger partial charge on any atom is 0.405 e. The number of piperidine rings is 1. The van der Waals surface area contributed by atoms with Crippen LogP contribution >= 0.6 is 0 Å². The number of fused-ring (bicyclic) bond motifs is 3. The lowest BCUT2D eigenvalue weighted by atomic mass is 9.73. The monoisotopic (exact) mass is 640 g/mol. The molecule has 0 unspecified atom stereocenters. The molecule has 1 fully saturated rings. The zero-order valence-corrected chi connectivity index (χ0v) is 26.0. The zero-order valence-electron chi connectivity index (χ0n) is 26.0. The van der Waals surface area contributed by atoms with Crippen LogP contribution in [0.3, 0.4) is 0 Å². The first-order chi connectivity index (χ1) is 22.7. The van der Waals surface area contributed by atoms with Gasteiger partial charge in [-0.25, -0.2) is 0 Å². The van der Waals surface area contributed by atoms with Crippen LogP contribution in [0, 0.1) is 5.21 Å². The highest BCUT2D eigenvalue weighted by Crippen LogP contribution is 2.52. The largest absolute Gasteiger partial charge is 0.756 e. The van der Waals surface area contributed by atoms with Gasteiger partial charge in [-0.05, 0) is 71.7 Å². The summed E-state index contributed by atoms with van der Waals surface area (Å²) in [5.41, 5.74) is 3.76. The Hall–Kier alpha value is -4.47. The van der Waals surface area contributed by atoms with Crippen LogP contribution in [0.4, 0.5) is 13.2 Å². The molecule has 1 N–H and O–H groups in total. The molecule has 6 rings (SSSR count). The van der Waals surface area contributed by atoms with Crippen LogP contribution in [0.25, 0.3) is 22.3 Å². The van der Waals surface area contributed by atoms with E-state index < -0.39 is 29.1 Å². The van der Waals surface area contributed by atoms with Gasteiger partial charge in [0.05, 0.1) is 5.41 Å². The lowest BCUT2D eigenvalue weighted by molar-refractivity contribution is -0.158. The summed E-state index contributed by atoms with van der Waals surface area (Å²) < 4.78 is 39.7. The number of amides is 2. The van der Waals surface area contributed by atoms with Gasteiger partial charge in [-0.1, -0.05) is 103 Å². The van der Waals surface area contributed by atoms with Gasteiger partial charge >= 0.3 is 6.18 Å². The van der Waals surface area contributed by atoms with Gasteiger partial charge in [0.25, 0.3) is 5.91 Å². The van der Waals surface area contributed by atoms with Gasteiger partial charge in [0.2, 0.25) is 5.91 Å². The van der Waals surface area contributed by atoms with E-state index in [4.69, 9.17) is 0 Å². The third-order valence-electron chi connectivity index (χ3n) is 9.43. The molecule has 6 nitrogen and oxygen atoms in total. The Bertz CT molecular complexity index is 1670. The van der Waals surface area contributed by atoms with Crippen LogP contribution in [0.1, 0.15) is 53.6 Å². The number of likely N-dealkylation sites (tertiary alicyclic amines) is 1. The molecule has 0 saturated carbocycles. The third-order valence-corrected chi connectivity index (χ3v) is 9.43. The van der Waals surface area contributed by atoms with E-state index >= 15 is 0 Å². The molecule has 1 aliphatic heterocycles. The highest BCUT2D eigenvalue weighted by atomic mass is 19.4. The summed E-state index contributed by atoms with van der Waals surface area (Å²) in [5, 5.41) is 15.6. The normalized spacial score (nSPS) is 15.9. The Morgan fingerprint density at radius 1 is 0.787 bits per heavy atom. The highest BCUT2D eigenvalue weighted by molar-refractivity contribution is 6.01. The topological polar surface area (TPSA) is 75.7 Å². The molecule has 0 bridgehead atoms. The van der Waals surface area contributed by atoms with E-state index in [1.165, 1.54) is 0 Å². The molecular formula is C38H37F3N3O3-. The summed E-state index contributed by atoms with van der Waals surface area (Å²) in [6.07, 6.45) is -1.73. The highest BCUT2D eigenvalue weighted by Gasteiger charge is 2.49. The number of hydroxylamine groups is 2. The van der Waals surface area contributed by atoms with Crippen molar-refractivity contribution in [2.24, 2.45) is 0 Å². The first kappa shape index (κ1) is 32.5. The zero-order chi connectivity index (χ0) is 33.0. The van der Waals surface area contributed by atoms with Crippen molar-refractivity contribution < 1.29 is 22.8 Å². The minimum atomic E-state index is -4.80. The Balaban J connectivity index is 1.08. The van der Waals surface area contributed by atoms with Crippen LogP contribution in [0.5, 0.6) is 0 Å². The van der Waals surface area contributed by atoms with Crippen molar-refractivity contribution in [2.45, 2.75) is 49.7 Å². The number of alkyl halides is 3. The van der Waals surface area contributed by atoms with E-state index in [9.17, 15) is 28.0 Å². The molecule has 0 atom stereocenters.